The van der Waals surface area contributed by atoms with Gasteiger partial charge in [0.1, 0.15) is 0 Å². The van der Waals surface area contributed by atoms with E-state index in [1.165, 1.54) is 18.4 Å². The molecule has 1 rings (SSSR count). The van der Waals surface area contributed by atoms with Crippen molar-refractivity contribution >= 4 is 0 Å². The van der Waals surface area contributed by atoms with Gasteiger partial charge in [-0.25, -0.2) is 0 Å². The molecule has 2 unspecified atom stereocenters. The normalized spacial score (nSPS) is 28.8. The molecule has 74 valence electrons. The Bertz CT molecular complexity index is 220. The van der Waals surface area contributed by atoms with Crippen LogP contribution < -0.4 is 0 Å². The van der Waals surface area contributed by atoms with Crippen LogP contribution in [0, 0.1) is 17.8 Å². The molecule has 0 aliphatic heterocycles. The first kappa shape index (κ1) is 10.6. The van der Waals surface area contributed by atoms with E-state index in [-0.39, 0.29) is 0 Å². The predicted molar refractivity (Wildman–Crippen MR) is 59.6 cm³/mol. The van der Waals surface area contributed by atoms with E-state index < -0.39 is 0 Å². The first-order valence-electron chi connectivity index (χ1n) is 5.34. The van der Waals surface area contributed by atoms with Crippen LogP contribution in [0.1, 0.15) is 40.5 Å². The topological polar surface area (TPSA) is 0 Å². The van der Waals surface area contributed by atoms with Gasteiger partial charge in [0, 0.05) is 0 Å². The number of rotatable bonds is 2. The zero-order valence-electron chi connectivity index (χ0n) is 9.43. The van der Waals surface area contributed by atoms with E-state index in [2.05, 4.69) is 40.3 Å². The third kappa shape index (κ3) is 2.46. The molecule has 0 saturated heterocycles. The smallest absolute Gasteiger partial charge is 0.0168 e. The van der Waals surface area contributed by atoms with Crippen molar-refractivity contribution in [2.45, 2.75) is 40.5 Å². The molecular formula is C13H22. The highest BCUT2D eigenvalue weighted by Crippen LogP contribution is 2.36. The zero-order chi connectivity index (χ0) is 10.0. The second-order valence-corrected chi connectivity index (χ2v) is 4.81. The first-order chi connectivity index (χ1) is 6.02. The fourth-order valence-electron chi connectivity index (χ4n) is 2.27. The average molecular weight is 178 g/mol. The Morgan fingerprint density at radius 3 is 2.62 bits per heavy atom. The van der Waals surface area contributed by atoms with Crippen LogP contribution in [0.3, 0.4) is 0 Å². The van der Waals surface area contributed by atoms with Gasteiger partial charge in [-0.3, -0.25) is 0 Å². The Balaban J connectivity index is 2.71. The molecule has 0 N–H and O–H groups in total. The van der Waals surface area contributed by atoms with Crippen LogP contribution >= 0.6 is 0 Å². The van der Waals surface area contributed by atoms with Crippen LogP contribution in [0.2, 0.25) is 0 Å². The van der Waals surface area contributed by atoms with Crippen molar-refractivity contribution in [2.75, 3.05) is 0 Å². The van der Waals surface area contributed by atoms with Crippen molar-refractivity contribution in [3.05, 3.63) is 23.8 Å². The Labute approximate surface area is 82.7 Å². The maximum absolute atomic E-state index is 4.07. The maximum atomic E-state index is 4.07. The predicted octanol–water partition coefficient (Wildman–Crippen LogP) is 4.19. The van der Waals surface area contributed by atoms with Crippen LogP contribution in [-0.2, 0) is 0 Å². The summed E-state index contributed by atoms with van der Waals surface area (Å²) < 4.78 is 0. The molecule has 13 heavy (non-hydrogen) atoms. The summed E-state index contributed by atoms with van der Waals surface area (Å²) in [4.78, 5) is 0. The second kappa shape index (κ2) is 4.13. The monoisotopic (exact) mass is 178 g/mol. The van der Waals surface area contributed by atoms with Crippen LogP contribution in [0.4, 0.5) is 0 Å². The van der Waals surface area contributed by atoms with Gasteiger partial charge in [0.05, 0.1) is 0 Å². The van der Waals surface area contributed by atoms with Crippen LogP contribution in [-0.4, -0.2) is 0 Å². The highest BCUT2D eigenvalue weighted by Gasteiger charge is 2.24. The lowest BCUT2D eigenvalue weighted by atomic mass is 9.74. The van der Waals surface area contributed by atoms with Crippen molar-refractivity contribution in [3.8, 4) is 0 Å². The molecule has 0 bridgehead atoms. The Morgan fingerprint density at radius 2 is 2.15 bits per heavy atom. The lowest BCUT2D eigenvalue weighted by molar-refractivity contribution is 0.342. The lowest BCUT2D eigenvalue weighted by Gasteiger charge is -2.31. The number of hydrogen-bond donors (Lipinski definition) is 0. The van der Waals surface area contributed by atoms with Gasteiger partial charge in [0.15, 0.2) is 0 Å². The lowest BCUT2D eigenvalue weighted by Crippen LogP contribution is -2.19. The highest BCUT2D eigenvalue weighted by molar-refractivity contribution is 5.14. The molecule has 0 heteroatoms. The Kier molecular flexibility index (Phi) is 3.35. The van der Waals surface area contributed by atoms with E-state index in [1.807, 2.05) is 0 Å². The van der Waals surface area contributed by atoms with E-state index in [1.54, 1.807) is 5.57 Å². The summed E-state index contributed by atoms with van der Waals surface area (Å²) in [6, 6.07) is 0. The summed E-state index contributed by atoms with van der Waals surface area (Å²) in [7, 11) is 0. The van der Waals surface area contributed by atoms with Crippen molar-refractivity contribution in [3.63, 3.8) is 0 Å². The van der Waals surface area contributed by atoms with Gasteiger partial charge in [0.25, 0.3) is 0 Å². The maximum Gasteiger partial charge on any atom is -0.0168 e. The standard InChI is InChI=1S/C13H22/c1-9(2)12-7-6-11(5)13(8-12)10(3)4/h6,10,12-13H,1,7-8H2,2-5H3. The van der Waals surface area contributed by atoms with Gasteiger partial charge in [-0.2, -0.15) is 0 Å². The molecule has 0 aromatic heterocycles. The van der Waals surface area contributed by atoms with Crippen molar-refractivity contribution in [1.82, 2.24) is 0 Å². The second-order valence-electron chi connectivity index (χ2n) is 4.81. The third-order valence-corrected chi connectivity index (χ3v) is 3.35. The average Bonchev–Trinajstić information content (AvgIpc) is 2.04. The van der Waals surface area contributed by atoms with E-state index in [9.17, 15) is 0 Å². The Morgan fingerprint density at radius 1 is 1.54 bits per heavy atom. The summed E-state index contributed by atoms with van der Waals surface area (Å²) in [5.41, 5.74) is 2.95. The van der Waals surface area contributed by atoms with Gasteiger partial charge in [-0.1, -0.05) is 37.6 Å². The molecule has 0 saturated carbocycles. The fourth-order valence-corrected chi connectivity index (χ4v) is 2.27. The third-order valence-electron chi connectivity index (χ3n) is 3.35. The highest BCUT2D eigenvalue weighted by atomic mass is 14.3. The van der Waals surface area contributed by atoms with Crippen molar-refractivity contribution < 1.29 is 0 Å². The minimum Gasteiger partial charge on any atom is -0.0998 e. The largest absolute Gasteiger partial charge is 0.0998 e. The first-order valence-corrected chi connectivity index (χ1v) is 5.34. The molecule has 0 radical (unpaired) electrons. The summed E-state index contributed by atoms with van der Waals surface area (Å²) in [6.07, 6.45) is 4.94. The number of hydrogen-bond acceptors (Lipinski definition) is 0. The minimum absolute atomic E-state index is 0.732. The minimum atomic E-state index is 0.732. The molecule has 2 atom stereocenters. The Hall–Kier alpha value is -0.520. The van der Waals surface area contributed by atoms with Crippen LogP contribution in [0.5, 0.6) is 0 Å². The zero-order valence-corrected chi connectivity index (χ0v) is 9.43. The SMILES string of the molecule is C=C(C)C1CC=C(C)C(C(C)C)C1. The molecule has 0 spiro atoms. The summed E-state index contributed by atoms with van der Waals surface area (Å²) in [5, 5.41) is 0. The van der Waals surface area contributed by atoms with Gasteiger partial charge < -0.3 is 0 Å². The molecule has 0 aromatic carbocycles. The molecular weight excluding hydrogens is 156 g/mol. The van der Waals surface area contributed by atoms with Gasteiger partial charge >= 0.3 is 0 Å². The molecule has 1 aliphatic rings. The molecule has 0 aromatic rings. The van der Waals surface area contributed by atoms with E-state index in [0.29, 0.717) is 0 Å². The van der Waals surface area contributed by atoms with Crippen LogP contribution in [0.25, 0.3) is 0 Å². The molecule has 0 amide bonds. The van der Waals surface area contributed by atoms with Crippen molar-refractivity contribution in [1.29, 1.82) is 0 Å². The molecule has 0 heterocycles. The van der Waals surface area contributed by atoms with Crippen molar-refractivity contribution in [2.24, 2.45) is 17.8 Å². The summed E-state index contributed by atoms with van der Waals surface area (Å²) >= 11 is 0. The summed E-state index contributed by atoms with van der Waals surface area (Å²) in [5.74, 6) is 2.30. The van der Waals surface area contributed by atoms with Gasteiger partial charge in [0.2, 0.25) is 0 Å². The number of allylic oxidation sites excluding steroid dienone is 3. The van der Waals surface area contributed by atoms with Gasteiger partial charge in [-0.15, -0.1) is 0 Å². The fraction of sp³-hybridized carbons (Fsp3) is 0.692. The van der Waals surface area contributed by atoms with Crippen LogP contribution in [0.15, 0.2) is 23.8 Å². The molecule has 0 fully saturated rings. The summed E-state index contributed by atoms with van der Waals surface area (Å²) in [6.45, 7) is 13.2. The van der Waals surface area contributed by atoms with E-state index >= 15 is 0 Å². The van der Waals surface area contributed by atoms with E-state index in [0.717, 1.165) is 17.8 Å². The quantitative estimate of drug-likeness (QED) is 0.556. The molecule has 1 aliphatic carbocycles. The van der Waals surface area contributed by atoms with E-state index in [4.69, 9.17) is 0 Å². The molecule has 0 nitrogen and oxygen atoms in total. The van der Waals surface area contributed by atoms with Gasteiger partial charge in [-0.05, 0) is 44.4 Å².